The number of aliphatic hydroxyl groups is 1. The van der Waals surface area contributed by atoms with E-state index in [2.05, 4.69) is 5.32 Å². The van der Waals surface area contributed by atoms with Gasteiger partial charge in [0.15, 0.2) is 0 Å². The summed E-state index contributed by atoms with van der Waals surface area (Å²) < 4.78 is 0. The molecule has 0 aliphatic rings. The number of nitrogens with zero attached hydrogens (tertiary/aromatic N) is 1. The molecule has 4 nitrogen and oxygen atoms in total. The number of carbonyl (C=O) groups excluding carboxylic acids is 1. The van der Waals surface area contributed by atoms with Crippen molar-refractivity contribution in [2.75, 3.05) is 12.4 Å². The maximum atomic E-state index is 12.2. The fourth-order valence-electron chi connectivity index (χ4n) is 2.02. The van der Waals surface area contributed by atoms with Gasteiger partial charge in [0.05, 0.1) is 6.10 Å². The first-order valence-electron chi connectivity index (χ1n) is 6.90. The van der Waals surface area contributed by atoms with Gasteiger partial charge in [0.25, 0.3) is 0 Å². The Hall–Kier alpha value is -2.33. The van der Waals surface area contributed by atoms with Crippen LogP contribution in [0.2, 0.25) is 0 Å². The fourth-order valence-corrected chi connectivity index (χ4v) is 2.02. The molecule has 2 aromatic carbocycles. The SMILES string of the molecule is CC(O)c1cccc(NC(=O)N(C)Cc2ccccc2)c1. The van der Waals surface area contributed by atoms with Crippen molar-refractivity contribution in [3.8, 4) is 0 Å². The van der Waals surface area contributed by atoms with Gasteiger partial charge >= 0.3 is 6.03 Å². The molecule has 0 fully saturated rings. The Morgan fingerprint density at radius 2 is 1.90 bits per heavy atom. The van der Waals surface area contributed by atoms with Gasteiger partial charge in [-0.2, -0.15) is 0 Å². The number of carbonyl (C=O) groups is 1. The molecule has 2 amide bonds. The average molecular weight is 284 g/mol. The topological polar surface area (TPSA) is 52.6 Å². The number of rotatable bonds is 4. The Bertz CT molecular complexity index is 597. The molecule has 0 aliphatic carbocycles. The van der Waals surface area contributed by atoms with Crippen molar-refractivity contribution in [1.29, 1.82) is 0 Å². The molecule has 21 heavy (non-hydrogen) atoms. The molecule has 1 atom stereocenters. The number of anilines is 1. The Balaban J connectivity index is 1.99. The number of aliphatic hydroxyl groups excluding tert-OH is 1. The highest BCUT2D eigenvalue weighted by molar-refractivity contribution is 5.89. The van der Waals surface area contributed by atoms with E-state index in [1.54, 1.807) is 31.0 Å². The second-order valence-corrected chi connectivity index (χ2v) is 5.07. The van der Waals surface area contributed by atoms with Crippen molar-refractivity contribution in [2.45, 2.75) is 19.6 Å². The summed E-state index contributed by atoms with van der Waals surface area (Å²) in [5.41, 5.74) is 2.53. The van der Waals surface area contributed by atoms with Gasteiger partial charge < -0.3 is 15.3 Å². The minimum atomic E-state index is -0.552. The quantitative estimate of drug-likeness (QED) is 0.904. The molecule has 0 saturated carbocycles. The van der Waals surface area contributed by atoms with E-state index < -0.39 is 6.10 Å². The lowest BCUT2D eigenvalue weighted by molar-refractivity contribution is 0.199. The molecule has 2 rings (SSSR count). The zero-order valence-corrected chi connectivity index (χ0v) is 12.3. The third kappa shape index (κ3) is 4.33. The van der Waals surface area contributed by atoms with E-state index >= 15 is 0 Å². The molecular formula is C17H20N2O2. The molecule has 110 valence electrons. The predicted molar refractivity (Wildman–Crippen MR) is 84.0 cm³/mol. The van der Waals surface area contributed by atoms with Gasteiger partial charge in [-0.15, -0.1) is 0 Å². The van der Waals surface area contributed by atoms with Crippen molar-refractivity contribution in [3.63, 3.8) is 0 Å². The molecule has 0 heterocycles. The van der Waals surface area contributed by atoms with E-state index in [1.165, 1.54) is 0 Å². The van der Waals surface area contributed by atoms with E-state index in [-0.39, 0.29) is 6.03 Å². The number of benzene rings is 2. The zero-order valence-electron chi connectivity index (χ0n) is 12.3. The van der Waals surface area contributed by atoms with Crippen molar-refractivity contribution in [3.05, 3.63) is 65.7 Å². The van der Waals surface area contributed by atoms with Crippen LogP contribution in [0.25, 0.3) is 0 Å². The Kier molecular flexibility index (Phi) is 4.95. The van der Waals surface area contributed by atoms with E-state index in [1.807, 2.05) is 42.5 Å². The lowest BCUT2D eigenvalue weighted by atomic mass is 10.1. The van der Waals surface area contributed by atoms with Gasteiger partial charge in [-0.1, -0.05) is 42.5 Å². The van der Waals surface area contributed by atoms with Crippen LogP contribution in [0.1, 0.15) is 24.2 Å². The van der Waals surface area contributed by atoms with Gasteiger partial charge in [0.2, 0.25) is 0 Å². The van der Waals surface area contributed by atoms with E-state index in [0.29, 0.717) is 12.2 Å². The largest absolute Gasteiger partial charge is 0.389 e. The lowest BCUT2D eigenvalue weighted by Gasteiger charge is -2.18. The Morgan fingerprint density at radius 1 is 1.19 bits per heavy atom. The second kappa shape index (κ2) is 6.90. The van der Waals surface area contributed by atoms with Crippen LogP contribution < -0.4 is 5.32 Å². The molecule has 0 bridgehead atoms. The van der Waals surface area contributed by atoms with Crippen molar-refractivity contribution in [1.82, 2.24) is 4.90 Å². The van der Waals surface area contributed by atoms with Crippen molar-refractivity contribution in [2.24, 2.45) is 0 Å². The summed E-state index contributed by atoms with van der Waals surface area (Å²) in [6.07, 6.45) is -0.552. The average Bonchev–Trinajstić information content (AvgIpc) is 2.48. The summed E-state index contributed by atoms with van der Waals surface area (Å²) in [6, 6.07) is 16.9. The summed E-state index contributed by atoms with van der Waals surface area (Å²) in [5.74, 6) is 0. The Morgan fingerprint density at radius 3 is 2.57 bits per heavy atom. The molecule has 0 saturated heterocycles. The van der Waals surface area contributed by atoms with Crippen LogP contribution in [0.15, 0.2) is 54.6 Å². The predicted octanol–water partition coefficient (Wildman–Crippen LogP) is 3.40. The van der Waals surface area contributed by atoms with Crippen molar-refractivity contribution < 1.29 is 9.90 Å². The van der Waals surface area contributed by atoms with Gasteiger partial charge in [-0.3, -0.25) is 0 Å². The first kappa shape index (κ1) is 15.1. The van der Waals surface area contributed by atoms with Crippen LogP contribution in [0.4, 0.5) is 10.5 Å². The molecule has 2 aromatic rings. The third-order valence-electron chi connectivity index (χ3n) is 3.23. The summed E-state index contributed by atoms with van der Waals surface area (Å²) >= 11 is 0. The summed E-state index contributed by atoms with van der Waals surface area (Å²) in [6.45, 7) is 2.24. The van der Waals surface area contributed by atoms with E-state index in [9.17, 15) is 9.90 Å². The zero-order chi connectivity index (χ0) is 15.2. The fraction of sp³-hybridized carbons (Fsp3) is 0.235. The third-order valence-corrected chi connectivity index (χ3v) is 3.23. The normalized spacial score (nSPS) is 11.8. The number of hydrogen-bond donors (Lipinski definition) is 2. The number of hydrogen-bond acceptors (Lipinski definition) is 2. The van der Waals surface area contributed by atoms with Gasteiger partial charge in [0, 0.05) is 19.3 Å². The molecular weight excluding hydrogens is 264 g/mol. The summed E-state index contributed by atoms with van der Waals surface area (Å²) in [4.78, 5) is 13.8. The first-order chi connectivity index (χ1) is 10.1. The van der Waals surface area contributed by atoms with Crippen LogP contribution in [0.5, 0.6) is 0 Å². The van der Waals surface area contributed by atoms with Gasteiger partial charge in [0.1, 0.15) is 0 Å². The number of urea groups is 1. The molecule has 1 unspecified atom stereocenters. The molecule has 2 N–H and O–H groups in total. The second-order valence-electron chi connectivity index (χ2n) is 5.07. The number of amides is 2. The minimum Gasteiger partial charge on any atom is -0.389 e. The first-order valence-corrected chi connectivity index (χ1v) is 6.90. The van der Waals surface area contributed by atoms with Crippen molar-refractivity contribution >= 4 is 11.7 Å². The van der Waals surface area contributed by atoms with Gasteiger partial charge in [-0.25, -0.2) is 4.79 Å². The monoisotopic (exact) mass is 284 g/mol. The number of nitrogens with one attached hydrogen (secondary N) is 1. The highest BCUT2D eigenvalue weighted by Gasteiger charge is 2.10. The van der Waals surface area contributed by atoms with Crippen LogP contribution in [-0.2, 0) is 6.54 Å². The van der Waals surface area contributed by atoms with E-state index in [0.717, 1.165) is 11.1 Å². The van der Waals surface area contributed by atoms with Gasteiger partial charge in [-0.05, 0) is 30.2 Å². The maximum absolute atomic E-state index is 12.2. The van der Waals surface area contributed by atoms with Crippen LogP contribution in [-0.4, -0.2) is 23.1 Å². The summed E-state index contributed by atoms with van der Waals surface area (Å²) in [7, 11) is 1.75. The smallest absolute Gasteiger partial charge is 0.321 e. The van der Waals surface area contributed by atoms with E-state index in [4.69, 9.17) is 0 Å². The van der Waals surface area contributed by atoms with Crippen LogP contribution >= 0.6 is 0 Å². The molecule has 0 spiro atoms. The standard InChI is InChI=1S/C17H20N2O2/c1-13(20)15-9-6-10-16(11-15)18-17(21)19(2)12-14-7-4-3-5-8-14/h3-11,13,20H,12H2,1-2H3,(H,18,21). The highest BCUT2D eigenvalue weighted by Crippen LogP contribution is 2.17. The Labute approximate surface area is 125 Å². The molecule has 4 heteroatoms. The summed E-state index contributed by atoms with van der Waals surface area (Å²) in [5, 5.41) is 12.4. The maximum Gasteiger partial charge on any atom is 0.321 e. The minimum absolute atomic E-state index is 0.179. The molecule has 0 aliphatic heterocycles. The highest BCUT2D eigenvalue weighted by atomic mass is 16.3. The van der Waals surface area contributed by atoms with Crippen LogP contribution in [0.3, 0.4) is 0 Å². The molecule has 0 aromatic heterocycles. The lowest BCUT2D eigenvalue weighted by Crippen LogP contribution is -2.30. The molecule has 0 radical (unpaired) electrons. The van der Waals surface area contributed by atoms with Crippen LogP contribution in [0, 0.1) is 0 Å².